The molecule has 0 fully saturated rings. The second-order valence-corrected chi connectivity index (χ2v) is 3.71. The van der Waals surface area contributed by atoms with Crippen LogP contribution in [0.2, 0.25) is 0 Å². The quantitative estimate of drug-likeness (QED) is 0.763. The summed E-state index contributed by atoms with van der Waals surface area (Å²) in [7, 11) is 0. The maximum absolute atomic E-state index is 13.2. The number of esters is 1. The lowest BCUT2D eigenvalue weighted by atomic mass is 10.2. The van der Waals surface area contributed by atoms with E-state index in [2.05, 4.69) is 4.42 Å². The molecule has 2 rings (SSSR count). The van der Waals surface area contributed by atoms with Gasteiger partial charge in [-0.1, -0.05) is 0 Å². The van der Waals surface area contributed by atoms with Crippen LogP contribution in [-0.4, -0.2) is 17.1 Å². The molecular weight excluding hydrogens is 257 g/mol. The van der Waals surface area contributed by atoms with E-state index in [0.29, 0.717) is 0 Å². The summed E-state index contributed by atoms with van der Waals surface area (Å²) >= 11 is 0. The second kappa shape index (κ2) is 5.05. The molecule has 19 heavy (non-hydrogen) atoms. The highest BCUT2D eigenvalue weighted by molar-refractivity contribution is 5.79. The van der Waals surface area contributed by atoms with Crippen LogP contribution >= 0.6 is 0 Å². The van der Waals surface area contributed by atoms with Crippen molar-refractivity contribution in [1.29, 1.82) is 0 Å². The highest BCUT2D eigenvalue weighted by Crippen LogP contribution is 2.10. The Morgan fingerprint density at radius 3 is 2.84 bits per heavy atom. The minimum Gasteiger partial charge on any atom is -0.465 e. The molecule has 0 aliphatic heterocycles. The lowest BCUT2D eigenvalue weighted by Crippen LogP contribution is -2.28. The fourth-order valence-electron chi connectivity index (χ4n) is 1.67. The first-order valence-electron chi connectivity index (χ1n) is 5.51. The summed E-state index contributed by atoms with van der Waals surface area (Å²) in [6.07, 6.45) is 0. The van der Waals surface area contributed by atoms with E-state index < -0.39 is 29.7 Å². The van der Waals surface area contributed by atoms with E-state index in [-0.39, 0.29) is 17.5 Å². The van der Waals surface area contributed by atoms with Crippen LogP contribution in [0.1, 0.15) is 6.92 Å². The molecule has 1 heterocycles. The van der Waals surface area contributed by atoms with Crippen LogP contribution in [0.5, 0.6) is 0 Å². The highest BCUT2D eigenvalue weighted by atomic mass is 19.1. The van der Waals surface area contributed by atoms with Crippen molar-refractivity contribution >= 4 is 16.9 Å². The number of rotatable bonds is 3. The summed E-state index contributed by atoms with van der Waals surface area (Å²) < 4.78 is 23.2. The Hall–Kier alpha value is -2.44. The molecule has 6 nitrogen and oxygen atoms in total. The number of nitrogens with zero attached hydrogens (tertiary/aromatic N) is 1. The first-order chi connectivity index (χ1) is 9.02. The van der Waals surface area contributed by atoms with Crippen molar-refractivity contribution < 1.29 is 18.3 Å². The van der Waals surface area contributed by atoms with E-state index in [1.54, 1.807) is 6.92 Å². The fraction of sp³-hybridized carbons (Fsp3) is 0.250. The van der Waals surface area contributed by atoms with Crippen LogP contribution in [-0.2, 0) is 16.1 Å². The number of carbonyl (C=O) groups is 1. The molecule has 0 aliphatic carbocycles. The molecule has 0 amide bonds. The molecule has 0 saturated carbocycles. The largest absolute Gasteiger partial charge is 0.465 e. The maximum atomic E-state index is 13.2. The smallest absolute Gasteiger partial charge is 0.422 e. The number of halogens is 1. The average Bonchev–Trinajstić information content (AvgIpc) is 2.34. The van der Waals surface area contributed by atoms with Gasteiger partial charge in [0.2, 0.25) is 0 Å². The number of fused-ring (bicyclic) bond motifs is 1. The van der Waals surface area contributed by atoms with Crippen LogP contribution < -0.4 is 11.4 Å². The molecule has 0 N–H and O–H groups in total. The number of carbonyl (C=O) groups excluding carboxylic acids is 1. The molecule has 0 saturated heterocycles. The Bertz CT molecular complexity index is 746. The van der Waals surface area contributed by atoms with Gasteiger partial charge in [0.1, 0.15) is 12.4 Å². The summed E-state index contributed by atoms with van der Waals surface area (Å²) in [5.74, 6) is -2.34. The van der Waals surface area contributed by atoms with E-state index in [1.807, 2.05) is 0 Å². The lowest BCUT2D eigenvalue weighted by Gasteiger charge is -2.07. The summed E-state index contributed by atoms with van der Waals surface area (Å²) in [4.78, 5) is 34.4. The molecule has 100 valence electrons. The second-order valence-electron chi connectivity index (χ2n) is 3.71. The standard InChI is InChI=1S/C12H10FNO5/c1-2-18-10(15)6-14-9-5-7(13)3-4-8(9)11(16)19-12(14)17/h3-5H,2,6H2,1H3. The molecule has 0 unspecified atom stereocenters. The maximum Gasteiger partial charge on any atom is 0.422 e. The van der Waals surface area contributed by atoms with Crippen LogP contribution in [0.15, 0.2) is 32.2 Å². The molecule has 7 heteroatoms. The van der Waals surface area contributed by atoms with Gasteiger partial charge in [0.25, 0.3) is 0 Å². The Morgan fingerprint density at radius 2 is 2.16 bits per heavy atom. The van der Waals surface area contributed by atoms with Crippen LogP contribution in [0.25, 0.3) is 10.9 Å². The van der Waals surface area contributed by atoms with Crippen molar-refractivity contribution in [2.45, 2.75) is 13.5 Å². The van der Waals surface area contributed by atoms with Gasteiger partial charge in [-0.2, -0.15) is 0 Å². The van der Waals surface area contributed by atoms with Crippen LogP contribution in [0, 0.1) is 5.82 Å². The minimum atomic E-state index is -1.03. The Kier molecular flexibility index (Phi) is 3.46. The van der Waals surface area contributed by atoms with Crippen molar-refractivity contribution in [3.63, 3.8) is 0 Å². The van der Waals surface area contributed by atoms with Crippen molar-refractivity contribution in [3.8, 4) is 0 Å². The van der Waals surface area contributed by atoms with Crippen molar-refractivity contribution in [3.05, 3.63) is 45.0 Å². The lowest BCUT2D eigenvalue weighted by molar-refractivity contribution is -0.143. The SMILES string of the molecule is CCOC(=O)Cn1c(=O)oc(=O)c2ccc(F)cc21. The van der Waals surface area contributed by atoms with E-state index in [4.69, 9.17) is 4.74 Å². The predicted molar refractivity (Wildman–Crippen MR) is 63.3 cm³/mol. The number of hydrogen-bond acceptors (Lipinski definition) is 5. The molecule has 1 aromatic carbocycles. The van der Waals surface area contributed by atoms with Crippen molar-refractivity contribution in [1.82, 2.24) is 4.57 Å². The average molecular weight is 267 g/mol. The molecule has 2 aromatic rings. The molecular formula is C12H10FNO5. The van der Waals surface area contributed by atoms with Gasteiger partial charge in [-0.3, -0.25) is 9.36 Å². The Morgan fingerprint density at radius 1 is 1.42 bits per heavy atom. The van der Waals surface area contributed by atoms with Gasteiger partial charge >= 0.3 is 17.4 Å². The van der Waals surface area contributed by atoms with Crippen LogP contribution in [0.3, 0.4) is 0 Å². The zero-order valence-electron chi connectivity index (χ0n) is 10.0. The van der Waals surface area contributed by atoms with E-state index in [0.717, 1.165) is 16.7 Å². The Balaban J connectivity index is 2.65. The number of aromatic nitrogens is 1. The topological polar surface area (TPSA) is 78.5 Å². The van der Waals surface area contributed by atoms with E-state index >= 15 is 0 Å². The molecule has 1 aromatic heterocycles. The predicted octanol–water partition coefficient (Wildman–Crippen LogP) is 0.657. The fourth-order valence-corrected chi connectivity index (χ4v) is 1.67. The van der Waals surface area contributed by atoms with Gasteiger partial charge in [-0.25, -0.2) is 14.0 Å². The molecule has 0 bridgehead atoms. The van der Waals surface area contributed by atoms with Gasteiger partial charge in [-0.05, 0) is 25.1 Å². The molecule has 0 spiro atoms. The van der Waals surface area contributed by atoms with Crippen molar-refractivity contribution in [2.75, 3.05) is 6.61 Å². The Labute approximate surface area is 106 Å². The zero-order chi connectivity index (χ0) is 14.0. The summed E-state index contributed by atoms with van der Waals surface area (Å²) in [5, 5.41) is 0.0188. The third-order valence-electron chi connectivity index (χ3n) is 2.46. The summed E-state index contributed by atoms with van der Waals surface area (Å²) in [6, 6.07) is 3.25. The van der Waals surface area contributed by atoms with Gasteiger partial charge in [0, 0.05) is 0 Å². The monoisotopic (exact) mass is 267 g/mol. The first kappa shape index (κ1) is 13.0. The van der Waals surface area contributed by atoms with E-state index in [9.17, 15) is 18.8 Å². The van der Waals surface area contributed by atoms with Crippen LogP contribution in [0.4, 0.5) is 4.39 Å². The molecule has 0 radical (unpaired) electrons. The van der Waals surface area contributed by atoms with Crippen molar-refractivity contribution in [2.24, 2.45) is 0 Å². The normalized spacial score (nSPS) is 10.6. The van der Waals surface area contributed by atoms with Gasteiger partial charge in [0.05, 0.1) is 17.5 Å². The minimum absolute atomic E-state index is 0.00527. The molecule has 0 aliphatic rings. The van der Waals surface area contributed by atoms with Gasteiger partial charge in [-0.15, -0.1) is 0 Å². The molecule has 0 atom stereocenters. The third kappa shape index (κ3) is 2.54. The zero-order valence-corrected chi connectivity index (χ0v) is 10.0. The first-order valence-corrected chi connectivity index (χ1v) is 5.51. The van der Waals surface area contributed by atoms with E-state index in [1.165, 1.54) is 6.07 Å². The summed E-state index contributed by atoms with van der Waals surface area (Å²) in [6.45, 7) is 1.32. The number of ether oxygens (including phenoxy) is 1. The summed E-state index contributed by atoms with van der Waals surface area (Å²) in [5.41, 5.74) is -0.880. The third-order valence-corrected chi connectivity index (χ3v) is 2.46. The van der Waals surface area contributed by atoms with Gasteiger partial charge < -0.3 is 9.15 Å². The number of hydrogen-bond donors (Lipinski definition) is 0. The highest BCUT2D eigenvalue weighted by Gasteiger charge is 2.13. The number of benzene rings is 1. The van der Waals surface area contributed by atoms with Gasteiger partial charge in [0.15, 0.2) is 0 Å².